The van der Waals surface area contributed by atoms with Gasteiger partial charge in [0, 0.05) is 7.11 Å². The maximum absolute atomic E-state index is 12.1. The van der Waals surface area contributed by atoms with Gasteiger partial charge in [0.15, 0.2) is 11.5 Å². The van der Waals surface area contributed by atoms with Gasteiger partial charge in [0.2, 0.25) is 0 Å². The number of carbonyl (C=O) groups excluding carboxylic acids is 1. The molecule has 0 bridgehead atoms. The molecule has 6 heteroatoms. The summed E-state index contributed by atoms with van der Waals surface area (Å²) >= 11 is 0. The van der Waals surface area contributed by atoms with E-state index in [0.717, 1.165) is 0 Å². The van der Waals surface area contributed by atoms with Gasteiger partial charge in [0.05, 0.1) is 25.3 Å². The van der Waals surface area contributed by atoms with Gasteiger partial charge in [-0.25, -0.2) is 0 Å². The highest BCUT2D eigenvalue weighted by Gasteiger charge is 2.18. The lowest BCUT2D eigenvalue weighted by atomic mass is 10.1. The summed E-state index contributed by atoms with van der Waals surface area (Å²) in [6, 6.07) is 4.56. The summed E-state index contributed by atoms with van der Waals surface area (Å²) in [5.74, 6) is -0.298. The fourth-order valence-electron chi connectivity index (χ4n) is 1.73. The highest BCUT2D eigenvalue weighted by atomic mass is 16.5. The Kier molecular flexibility index (Phi) is 6.11. The first kappa shape index (κ1) is 15.3. The second kappa shape index (κ2) is 7.60. The number of phenols is 1. The third-order valence-corrected chi connectivity index (χ3v) is 2.68. The molecular formula is C13H20N2O4. The summed E-state index contributed by atoms with van der Waals surface area (Å²) in [6.07, 6.45) is 0.601. The number of hydrogen-bond donors (Lipinski definition) is 3. The molecule has 6 nitrogen and oxygen atoms in total. The average Bonchev–Trinajstić information content (AvgIpc) is 2.39. The maximum Gasteiger partial charge on any atom is 0.255 e. The Balaban J connectivity index is 2.82. The topological polar surface area (TPSA) is 93.8 Å². The number of carbonyl (C=O) groups is 1. The second-order valence-electron chi connectivity index (χ2n) is 4.06. The first-order chi connectivity index (χ1) is 9.13. The number of ether oxygens (including phenoxy) is 2. The first-order valence-electron chi connectivity index (χ1n) is 5.99. The zero-order valence-electron chi connectivity index (χ0n) is 11.2. The van der Waals surface area contributed by atoms with E-state index in [1.54, 1.807) is 19.2 Å². The van der Waals surface area contributed by atoms with Crippen LogP contribution in [0.4, 0.5) is 0 Å². The molecule has 0 saturated heterocycles. The largest absolute Gasteiger partial charge is 0.504 e. The van der Waals surface area contributed by atoms with Gasteiger partial charge in [-0.2, -0.15) is 0 Å². The molecule has 0 aliphatic rings. The van der Waals surface area contributed by atoms with Crippen LogP contribution in [0.3, 0.4) is 0 Å². The van der Waals surface area contributed by atoms with E-state index in [1.807, 2.05) is 0 Å². The molecule has 1 aromatic carbocycles. The Hall–Kier alpha value is -1.79. The minimum absolute atomic E-state index is 0.164. The summed E-state index contributed by atoms with van der Waals surface area (Å²) in [4.78, 5) is 12.1. The fourth-order valence-corrected chi connectivity index (χ4v) is 1.73. The minimum atomic E-state index is -0.382. The highest BCUT2D eigenvalue weighted by molar-refractivity contribution is 5.97. The van der Waals surface area contributed by atoms with E-state index < -0.39 is 0 Å². The molecule has 0 radical (unpaired) electrons. The van der Waals surface area contributed by atoms with Crippen LogP contribution in [-0.4, -0.2) is 44.4 Å². The third-order valence-electron chi connectivity index (χ3n) is 2.68. The minimum Gasteiger partial charge on any atom is -0.504 e. The predicted octanol–water partition coefficient (Wildman–Crippen LogP) is 0.494. The average molecular weight is 268 g/mol. The molecule has 0 saturated carbocycles. The standard InChI is InChI=1S/C13H20N2O4/c1-18-8-9(6-7-14)15-13(17)10-4-3-5-11(19-2)12(10)16/h3-5,9,16H,6-8,14H2,1-2H3,(H,15,17). The summed E-state index contributed by atoms with van der Waals surface area (Å²) in [5, 5.41) is 12.7. The van der Waals surface area contributed by atoms with Crippen LogP contribution in [-0.2, 0) is 4.74 Å². The van der Waals surface area contributed by atoms with Crippen LogP contribution in [0, 0.1) is 0 Å². The number of amides is 1. The Morgan fingerprint density at radius 3 is 2.79 bits per heavy atom. The molecule has 0 fully saturated rings. The number of rotatable bonds is 7. The van der Waals surface area contributed by atoms with Gasteiger partial charge in [-0.3, -0.25) is 4.79 Å². The highest BCUT2D eigenvalue weighted by Crippen LogP contribution is 2.29. The van der Waals surface area contributed by atoms with Crippen molar-refractivity contribution in [1.29, 1.82) is 0 Å². The van der Waals surface area contributed by atoms with Crippen LogP contribution >= 0.6 is 0 Å². The normalized spacial score (nSPS) is 11.9. The van der Waals surface area contributed by atoms with Gasteiger partial charge in [-0.1, -0.05) is 6.07 Å². The number of methoxy groups -OCH3 is 2. The number of nitrogens with one attached hydrogen (secondary N) is 1. The van der Waals surface area contributed by atoms with Crippen molar-refractivity contribution in [2.45, 2.75) is 12.5 Å². The van der Waals surface area contributed by atoms with Crippen LogP contribution in [0.5, 0.6) is 11.5 Å². The van der Waals surface area contributed by atoms with Crippen LogP contribution in [0.2, 0.25) is 0 Å². The van der Waals surface area contributed by atoms with E-state index in [2.05, 4.69) is 5.32 Å². The van der Waals surface area contributed by atoms with Crippen LogP contribution in [0.1, 0.15) is 16.8 Å². The van der Waals surface area contributed by atoms with Crippen LogP contribution < -0.4 is 15.8 Å². The molecule has 0 heterocycles. The number of hydrogen-bond acceptors (Lipinski definition) is 5. The van der Waals surface area contributed by atoms with E-state index in [1.165, 1.54) is 13.2 Å². The molecule has 106 valence electrons. The monoisotopic (exact) mass is 268 g/mol. The van der Waals surface area contributed by atoms with Gasteiger partial charge in [0.25, 0.3) is 5.91 Å². The Bertz CT molecular complexity index is 417. The molecule has 1 unspecified atom stereocenters. The summed E-state index contributed by atoms with van der Waals surface area (Å²) in [6.45, 7) is 0.812. The lowest BCUT2D eigenvalue weighted by Gasteiger charge is -2.17. The number of aromatic hydroxyl groups is 1. The Morgan fingerprint density at radius 1 is 1.47 bits per heavy atom. The van der Waals surface area contributed by atoms with Crippen molar-refractivity contribution in [2.24, 2.45) is 5.73 Å². The van der Waals surface area contributed by atoms with E-state index in [9.17, 15) is 9.90 Å². The molecule has 1 rings (SSSR count). The predicted molar refractivity (Wildman–Crippen MR) is 71.5 cm³/mol. The summed E-state index contributed by atoms with van der Waals surface area (Å²) in [5.41, 5.74) is 5.64. The van der Waals surface area contributed by atoms with E-state index in [4.69, 9.17) is 15.2 Å². The van der Waals surface area contributed by atoms with E-state index in [-0.39, 0.29) is 29.0 Å². The number of para-hydroxylation sites is 1. The smallest absolute Gasteiger partial charge is 0.255 e. The fraction of sp³-hybridized carbons (Fsp3) is 0.462. The molecule has 4 N–H and O–H groups in total. The van der Waals surface area contributed by atoms with E-state index in [0.29, 0.717) is 19.6 Å². The molecule has 1 amide bonds. The quantitative estimate of drug-likeness (QED) is 0.669. The van der Waals surface area contributed by atoms with E-state index >= 15 is 0 Å². The van der Waals surface area contributed by atoms with Gasteiger partial charge >= 0.3 is 0 Å². The molecule has 0 aliphatic heterocycles. The number of nitrogens with two attached hydrogens (primary N) is 1. The second-order valence-corrected chi connectivity index (χ2v) is 4.06. The SMILES string of the molecule is COCC(CCN)NC(=O)c1cccc(OC)c1O. The van der Waals surface area contributed by atoms with Crippen molar-refractivity contribution in [2.75, 3.05) is 27.4 Å². The zero-order valence-corrected chi connectivity index (χ0v) is 11.2. The summed E-state index contributed by atoms with van der Waals surface area (Å²) in [7, 11) is 2.98. The molecule has 0 aromatic heterocycles. The number of benzene rings is 1. The van der Waals surface area contributed by atoms with Crippen LogP contribution in [0.25, 0.3) is 0 Å². The van der Waals surface area contributed by atoms with Crippen molar-refractivity contribution in [1.82, 2.24) is 5.32 Å². The lowest BCUT2D eigenvalue weighted by Crippen LogP contribution is -2.39. The van der Waals surface area contributed by atoms with Crippen molar-refractivity contribution >= 4 is 5.91 Å². The van der Waals surface area contributed by atoms with Gasteiger partial charge < -0.3 is 25.6 Å². The molecule has 0 spiro atoms. The van der Waals surface area contributed by atoms with Crippen molar-refractivity contribution in [3.8, 4) is 11.5 Å². The molecule has 0 aliphatic carbocycles. The van der Waals surface area contributed by atoms with Crippen molar-refractivity contribution in [3.05, 3.63) is 23.8 Å². The Morgan fingerprint density at radius 2 is 2.21 bits per heavy atom. The zero-order chi connectivity index (χ0) is 14.3. The summed E-state index contributed by atoms with van der Waals surface area (Å²) < 4.78 is 9.97. The number of phenolic OH excluding ortho intramolecular Hbond substituents is 1. The third kappa shape index (κ3) is 4.11. The lowest BCUT2D eigenvalue weighted by molar-refractivity contribution is 0.0890. The molecule has 1 atom stereocenters. The van der Waals surface area contributed by atoms with Gasteiger partial charge in [0.1, 0.15) is 0 Å². The molecule has 19 heavy (non-hydrogen) atoms. The van der Waals surface area contributed by atoms with Crippen molar-refractivity contribution < 1.29 is 19.4 Å². The Labute approximate surface area is 112 Å². The molecular weight excluding hydrogens is 248 g/mol. The van der Waals surface area contributed by atoms with Gasteiger partial charge in [-0.05, 0) is 25.1 Å². The molecule has 1 aromatic rings. The first-order valence-corrected chi connectivity index (χ1v) is 5.99. The van der Waals surface area contributed by atoms with Crippen molar-refractivity contribution in [3.63, 3.8) is 0 Å². The van der Waals surface area contributed by atoms with Gasteiger partial charge in [-0.15, -0.1) is 0 Å². The van der Waals surface area contributed by atoms with Crippen LogP contribution in [0.15, 0.2) is 18.2 Å². The maximum atomic E-state index is 12.1.